The van der Waals surface area contributed by atoms with Gasteiger partial charge in [0.25, 0.3) is 0 Å². The Morgan fingerprint density at radius 1 is 0.850 bits per heavy atom. The maximum atomic E-state index is 13.5. The molecule has 4 aromatic rings. The highest BCUT2D eigenvalue weighted by Crippen LogP contribution is 2.42. The third-order valence-corrected chi connectivity index (χ3v) is 9.77. The molecule has 3 aromatic carbocycles. The van der Waals surface area contributed by atoms with Crippen molar-refractivity contribution in [1.29, 1.82) is 0 Å². The van der Waals surface area contributed by atoms with Crippen LogP contribution in [0.2, 0.25) is 0 Å². The van der Waals surface area contributed by atoms with E-state index >= 15 is 0 Å². The average molecular weight is 817 g/mol. The van der Waals surface area contributed by atoms with Crippen LogP contribution in [0.4, 0.5) is 10.5 Å². The van der Waals surface area contributed by atoms with Crippen molar-refractivity contribution in [3.8, 4) is 28.2 Å². The summed E-state index contributed by atoms with van der Waals surface area (Å²) in [5.41, 5.74) is 8.28. The van der Waals surface area contributed by atoms with E-state index in [2.05, 4.69) is 36.6 Å². The molecule has 0 bridgehead atoms. The van der Waals surface area contributed by atoms with Crippen LogP contribution in [0.1, 0.15) is 41.0 Å². The molecule has 3 atom stereocenters. The number of aromatic amines is 1. The number of fused-ring (bicyclic) bond motifs is 2. The fraction of sp³-hybridized carbons (Fsp3) is 0.233. The molecular weight excluding hydrogens is 773 g/mol. The van der Waals surface area contributed by atoms with Crippen molar-refractivity contribution in [2.75, 3.05) is 18.9 Å². The van der Waals surface area contributed by atoms with Gasteiger partial charge in [0.2, 0.25) is 17.7 Å². The summed E-state index contributed by atoms with van der Waals surface area (Å²) in [7, 11) is 1.46. The number of aromatic carboxylic acids is 1. The molecule has 0 fully saturated rings. The molecule has 10 N–H and O–H groups in total. The monoisotopic (exact) mass is 816 g/mol. The number of benzene rings is 4. The number of aromatic nitrogens is 2. The third kappa shape index (κ3) is 10.5. The number of hydrogen-bond acceptors (Lipinski definition) is 10. The number of carbonyl (C=O) groups excluding carboxylic acids is 4. The predicted octanol–water partition coefficient (Wildman–Crippen LogP) is 3.51. The molecule has 0 saturated carbocycles. The Hall–Kier alpha value is -7.53. The molecule has 310 valence electrons. The van der Waals surface area contributed by atoms with Gasteiger partial charge in [-0.25, -0.2) is 14.6 Å². The first-order valence-corrected chi connectivity index (χ1v) is 19.1. The van der Waals surface area contributed by atoms with E-state index in [9.17, 15) is 39.0 Å². The van der Waals surface area contributed by atoms with Gasteiger partial charge >= 0.3 is 12.0 Å². The van der Waals surface area contributed by atoms with Gasteiger partial charge in [-0.2, -0.15) is 0 Å². The zero-order chi connectivity index (χ0) is 42.8. The van der Waals surface area contributed by atoms with Gasteiger partial charge in [0.1, 0.15) is 35.0 Å². The summed E-state index contributed by atoms with van der Waals surface area (Å²) in [6, 6.07) is 18.5. The van der Waals surface area contributed by atoms with Gasteiger partial charge in [-0.15, -0.1) is 0 Å². The summed E-state index contributed by atoms with van der Waals surface area (Å²) in [6.45, 7) is 0.208. The number of nitrogens with one attached hydrogen (secondary N) is 6. The molecule has 1 aliphatic carbocycles. The van der Waals surface area contributed by atoms with Crippen molar-refractivity contribution in [2.45, 2.75) is 50.2 Å². The number of nitrogens with zero attached hydrogens (tertiary/aromatic N) is 1. The molecule has 60 heavy (non-hydrogen) atoms. The van der Waals surface area contributed by atoms with Crippen molar-refractivity contribution >= 4 is 46.4 Å². The number of phenolic OH excluding ortho intramolecular Hbond substituents is 1. The SMILES string of the molecule is CNC(=O)[C@H](Cc1ncc[nH]1)NC(=O)[C@H](Cc1ccccc1)NC(=O)[C@H](N)CCCCNC(=O)Nc1ccc(-c2c3ccc(=O)cc-3oc3cc(O)ccc23)c(C(=O)O)c1. The Labute approximate surface area is 343 Å². The maximum Gasteiger partial charge on any atom is 0.336 e. The minimum Gasteiger partial charge on any atom is -0.508 e. The number of urea groups is 1. The lowest BCUT2D eigenvalue weighted by atomic mass is 9.90. The number of anilines is 1. The fourth-order valence-electron chi connectivity index (χ4n) is 6.76. The van der Waals surface area contributed by atoms with Gasteiger partial charge in [0.15, 0.2) is 5.43 Å². The van der Waals surface area contributed by atoms with Crippen molar-refractivity contribution in [2.24, 2.45) is 5.73 Å². The van der Waals surface area contributed by atoms with Crippen molar-refractivity contribution in [3.63, 3.8) is 0 Å². The van der Waals surface area contributed by atoms with Crippen LogP contribution in [0, 0.1) is 0 Å². The molecule has 5 amide bonds. The van der Waals surface area contributed by atoms with E-state index in [1.165, 1.54) is 43.6 Å². The molecule has 17 heteroatoms. The van der Waals surface area contributed by atoms with Gasteiger partial charge < -0.3 is 51.9 Å². The van der Waals surface area contributed by atoms with Crippen LogP contribution in [0.3, 0.4) is 0 Å². The van der Waals surface area contributed by atoms with E-state index in [4.69, 9.17) is 10.2 Å². The number of H-pyrrole nitrogens is 1. The number of nitrogens with two attached hydrogens (primary N) is 1. The van der Waals surface area contributed by atoms with E-state index < -0.39 is 47.8 Å². The maximum absolute atomic E-state index is 13.5. The summed E-state index contributed by atoms with van der Waals surface area (Å²) in [5, 5.41) is 34.2. The van der Waals surface area contributed by atoms with Crippen LogP contribution in [0.25, 0.3) is 33.4 Å². The van der Waals surface area contributed by atoms with Crippen LogP contribution in [0.5, 0.6) is 5.75 Å². The topological polar surface area (TPSA) is 271 Å². The van der Waals surface area contributed by atoms with E-state index in [0.29, 0.717) is 40.7 Å². The van der Waals surface area contributed by atoms with E-state index in [0.717, 1.165) is 5.56 Å². The zero-order valence-corrected chi connectivity index (χ0v) is 32.5. The van der Waals surface area contributed by atoms with Crippen LogP contribution >= 0.6 is 0 Å². The number of amides is 5. The molecule has 2 heterocycles. The second-order valence-corrected chi connectivity index (χ2v) is 14.0. The normalized spacial score (nSPS) is 12.6. The molecule has 2 aliphatic rings. The highest BCUT2D eigenvalue weighted by Gasteiger charge is 2.29. The first-order valence-electron chi connectivity index (χ1n) is 19.1. The highest BCUT2D eigenvalue weighted by molar-refractivity contribution is 6.08. The Morgan fingerprint density at radius 2 is 1.60 bits per heavy atom. The minimum absolute atomic E-state index is 0.0752. The van der Waals surface area contributed by atoms with Gasteiger partial charge in [0.05, 0.1) is 11.6 Å². The average Bonchev–Trinajstić information content (AvgIpc) is 3.75. The van der Waals surface area contributed by atoms with Crippen molar-refractivity contribution in [3.05, 3.63) is 124 Å². The molecular formula is C43H44N8O9. The largest absolute Gasteiger partial charge is 0.508 e. The highest BCUT2D eigenvalue weighted by atomic mass is 16.4. The number of aromatic hydroxyl groups is 1. The summed E-state index contributed by atoms with van der Waals surface area (Å²) in [6.07, 6.45) is 4.53. The lowest BCUT2D eigenvalue weighted by molar-refractivity contribution is -0.132. The van der Waals surface area contributed by atoms with Crippen LogP contribution in [-0.4, -0.2) is 81.6 Å². The summed E-state index contributed by atoms with van der Waals surface area (Å²) >= 11 is 0. The Morgan fingerprint density at radius 3 is 2.33 bits per heavy atom. The van der Waals surface area contributed by atoms with Gasteiger partial charge in [-0.1, -0.05) is 36.4 Å². The molecule has 17 nitrogen and oxygen atoms in total. The quantitative estimate of drug-likeness (QED) is 0.0475. The molecule has 1 aromatic heterocycles. The van der Waals surface area contributed by atoms with Gasteiger partial charge in [-0.3, -0.25) is 19.2 Å². The number of carbonyl (C=O) groups is 5. The van der Waals surface area contributed by atoms with E-state index in [1.54, 1.807) is 30.5 Å². The summed E-state index contributed by atoms with van der Waals surface area (Å²) in [4.78, 5) is 84.0. The number of imidazole rings is 1. The number of phenols is 1. The first kappa shape index (κ1) is 42.1. The van der Waals surface area contributed by atoms with E-state index in [1.807, 2.05) is 30.3 Å². The molecule has 1 aliphatic heterocycles. The number of carboxylic acids is 1. The fourth-order valence-corrected chi connectivity index (χ4v) is 6.76. The first-order chi connectivity index (χ1) is 28.9. The standard InChI is InChI=1S/C43H44N8O9/c1-45-40(55)34(23-37-46-17-18-47-37)51-41(56)33(19-24-7-3-2-4-8-24)50-39(54)32(44)9-5-6-16-48-43(59)49-25-10-13-28(31(20-25)42(57)58)38-29-14-11-26(52)21-35(29)60-36-22-27(53)12-15-30(36)38/h2-4,7-8,10-15,17-18,20-22,32-34,52H,5-6,9,16,19,23,44H2,1H3,(H,45,55)(H,46,47)(H,50,54)(H,51,56)(H,57,58)(H2,48,49,59)/t32-,33+,34+/m1/s1. The van der Waals surface area contributed by atoms with Gasteiger partial charge in [0, 0.05) is 73.2 Å². The minimum atomic E-state index is -1.26. The lowest BCUT2D eigenvalue weighted by Crippen LogP contribution is -2.56. The van der Waals surface area contributed by atoms with Crippen LogP contribution in [0.15, 0.2) is 107 Å². The number of unbranched alkanes of at least 4 members (excludes halogenated alkanes) is 1. The third-order valence-electron chi connectivity index (χ3n) is 9.77. The smallest absolute Gasteiger partial charge is 0.336 e. The molecule has 6 rings (SSSR count). The second-order valence-electron chi connectivity index (χ2n) is 14.0. The van der Waals surface area contributed by atoms with Crippen molar-refractivity contribution in [1.82, 2.24) is 31.2 Å². The lowest BCUT2D eigenvalue weighted by Gasteiger charge is -2.24. The van der Waals surface area contributed by atoms with E-state index in [-0.39, 0.29) is 59.6 Å². The molecule has 0 spiro atoms. The molecule has 0 saturated heterocycles. The number of likely N-dealkylation sites (N-methyl/N-ethyl adjacent to an activating group) is 1. The van der Waals surface area contributed by atoms with Crippen LogP contribution < -0.4 is 37.7 Å². The summed E-state index contributed by atoms with van der Waals surface area (Å²) < 4.78 is 5.88. The molecule has 0 unspecified atom stereocenters. The van der Waals surface area contributed by atoms with Crippen molar-refractivity contribution < 1.29 is 38.6 Å². The summed E-state index contributed by atoms with van der Waals surface area (Å²) in [5.74, 6) is -2.20. The second kappa shape index (κ2) is 19.3. The number of hydrogen-bond donors (Lipinski definition) is 9. The molecule has 0 radical (unpaired) electrons. The Kier molecular flexibility index (Phi) is 13.5. The Bertz CT molecular complexity index is 2520. The predicted molar refractivity (Wildman–Crippen MR) is 222 cm³/mol. The number of rotatable bonds is 17. The Balaban J connectivity index is 1.04. The number of carboxylic acid groups (broad SMARTS) is 1. The van der Waals surface area contributed by atoms with Gasteiger partial charge in [-0.05, 0) is 66.8 Å². The zero-order valence-electron chi connectivity index (χ0n) is 32.5. The van der Waals surface area contributed by atoms with Crippen LogP contribution in [-0.2, 0) is 27.2 Å².